The lowest BCUT2D eigenvalue weighted by atomic mass is 9.43. The molecule has 11 atom stereocenters. The van der Waals surface area contributed by atoms with E-state index in [-0.39, 0.29) is 5.41 Å². The fraction of sp³-hybridized carbons (Fsp3) is 1.00. The zero-order valence-electron chi connectivity index (χ0n) is 35.6. The van der Waals surface area contributed by atoms with Gasteiger partial charge >= 0.3 is 0 Å². The molecule has 0 bridgehead atoms. The van der Waals surface area contributed by atoms with Crippen molar-refractivity contribution in [2.75, 3.05) is 52.5 Å². The Labute approximate surface area is 328 Å². The third-order valence-corrected chi connectivity index (χ3v) is 15.5. The van der Waals surface area contributed by atoms with E-state index in [9.17, 15) is 0 Å². The van der Waals surface area contributed by atoms with E-state index in [2.05, 4.69) is 33.0 Å². The lowest BCUT2D eigenvalue weighted by Gasteiger charge is -2.65. The summed E-state index contributed by atoms with van der Waals surface area (Å²) in [6.45, 7) is 17.0. The van der Waals surface area contributed by atoms with Gasteiger partial charge in [-0.3, -0.25) is 0 Å². The number of hydrogen-bond acceptors (Lipinski definition) is 7. The number of rotatable bonds is 29. The molecule has 0 amide bonds. The molecule has 2 unspecified atom stereocenters. The van der Waals surface area contributed by atoms with Gasteiger partial charge in [0.2, 0.25) is 0 Å². The second-order valence-electron chi connectivity index (χ2n) is 18.9. The van der Waals surface area contributed by atoms with Crippen LogP contribution in [0.15, 0.2) is 0 Å². The zero-order valence-corrected chi connectivity index (χ0v) is 35.6. The normalized spacial score (nSPS) is 34.5. The SMILES string of the molecule is CCCCCCCCCCCCCNCCC[C@@H](C)[C@H]1CC[C@H]2C3[C@H](OCCCN)CC4C[C@H](OCCCN)CC[C@]4(C)[C@H]3C[C@H](OCCCN)[C@]12C. The molecule has 53 heavy (non-hydrogen) atoms. The van der Waals surface area contributed by atoms with E-state index in [1.54, 1.807) is 0 Å². The van der Waals surface area contributed by atoms with Gasteiger partial charge in [-0.25, -0.2) is 0 Å². The maximum atomic E-state index is 7.06. The number of unbranched alkanes of at least 4 members (excludes halogenated alkanes) is 10. The summed E-state index contributed by atoms with van der Waals surface area (Å²) in [5.74, 6) is 3.91. The number of hydrogen-bond donors (Lipinski definition) is 4. The largest absolute Gasteiger partial charge is 0.378 e. The average Bonchev–Trinajstić information content (AvgIpc) is 3.52. The smallest absolute Gasteiger partial charge is 0.0637 e. The van der Waals surface area contributed by atoms with Gasteiger partial charge in [0.25, 0.3) is 0 Å². The van der Waals surface area contributed by atoms with Crippen molar-refractivity contribution >= 4 is 0 Å². The molecular weight excluding hydrogens is 657 g/mol. The summed E-state index contributed by atoms with van der Waals surface area (Å²) >= 11 is 0. The Balaban J connectivity index is 1.33. The third-order valence-electron chi connectivity index (χ3n) is 15.5. The molecule has 7 nitrogen and oxygen atoms in total. The molecular formula is C46H90N4O3. The highest BCUT2D eigenvalue weighted by atomic mass is 16.5. The molecule has 4 aliphatic carbocycles. The number of ether oxygens (including phenoxy) is 3. The Morgan fingerprint density at radius 3 is 1.91 bits per heavy atom. The molecule has 0 heterocycles. The maximum Gasteiger partial charge on any atom is 0.0637 e. The lowest BCUT2D eigenvalue weighted by Crippen LogP contribution is -2.63. The van der Waals surface area contributed by atoms with Gasteiger partial charge in [0, 0.05) is 25.2 Å². The summed E-state index contributed by atoms with van der Waals surface area (Å²) in [6, 6.07) is 0. The van der Waals surface area contributed by atoms with E-state index in [1.165, 1.54) is 129 Å². The van der Waals surface area contributed by atoms with Crippen LogP contribution in [0.25, 0.3) is 0 Å². The molecule has 4 rings (SSSR count). The van der Waals surface area contributed by atoms with Crippen molar-refractivity contribution in [1.82, 2.24) is 5.32 Å². The molecule has 7 heteroatoms. The molecule has 0 radical (unpaired) electrons. The van der Waals surface area contributed by atoms with Gasteiger partial charge in [-0.05, 0) is 157 Å². The fourth-order valence-electron chi connectivity index (χ4n) is 12.4. The summed E-state index contributed by atoms with van der Waals surface area (Å²) in [5.41, 5.74) is 18.3. The third kappa shape index (κ3) is 12.6. The monoisotopic (exact) mass is 747 g/mol. The van der Waals surface area contributed by atoms with E-state index in [0.717, 1.165) is 52.0 Å². The van der Waals surface area contributed by atoms with Crippen molar-refractivity contribution in [3.05, 3.63) is 0 Å². The molecule has 0 aromatic rings. The van der Waals surface area contributed by atoms with Crippen LogP contribution in [0.4, 0.5) is 0 Å². The van der Waals surface area contributed by atoms with Gasteiger partial charge < -0.3 is 36.7 Å². The van der Waals surface area contributed by atoms with Crippen LogP contribution >= 0.6 is 0 Å². The molecule has 0 aromatic carbocycles. The Morgan fingerprint density at radius 1 is 0.642 bits per heavy atom. The number of nitrogens with two attached hydrogens (primary N) is 3. The Kier molecular flexibility index (Phi) is 21.0. The minimum absolute atomic E-state index is 0.180. The van der Waals surface area contributed by atoms with Crippen LogP contribution < -0.4 is 22.5 Å². The topological polar surface area (TPSA) is 118 Å². The highest BCUT2D eigenvalue weighted by Gasteiger charge is 2.66. The molecule has 4 aliphatic rings. The van der Waals surface area contributed by atoms with Crippen LogP contribution in [0.1, 0.15) is 175 Å². The number of nitrogens with one attached hydrogen (secondary N) is 1. The first kappa shape index (κ1) is 45.4. The van der Waals surface area contributed by atoms with Crippen LogP contribution in [-0.2, 0) is 14.2 Å². The molecule has 0 saturated heterocycles. The predicted octanol–water partition coefficient (Wildman–Crippen LogP) is 9.38. The summed E-state index contributed by atoms with van der Waals surface area (Å²) in [4.78, 5) is 0. The van der Waals surface area contributed by atoms with E-state index >= 15 is 0 Å². The quantitative estimate of drug-likeness (QED) is 0.0564. The van der Waals surface area contributed by atoms with E-state index in [1.807, 2.05) is 0 Å². The summed E-state index contributed by atoms with van der Waals surface area (Å²) in [5, 5.41) is 3.81. The van der Waals surface area contributed by atoms with Gasteiger partial charge in [0.1, 0.15) is 0 Å². The van der Waals surface area contributed by atoms with Gasteiger partial charge in [-0.15, -0.1) is 0 Å². The lowest BCUT2D eigenvalue weighted by molar-refractivity contribution is -0.227. The second kappa shape index (κ2) is 24.5. The molecule has 7 N–H and O–H groups in total. The van der Waals surface area contributed by atoms with Gasteiger partial charge in [-0.2, -0.15) is 0 Å². The first-order valence-electron chi connectivity index (χ1n) is 23.5. The second-order valence-corrected chi connectivity index (χ2v) is 18.9. The standard InChI is InChI=1S/C46H90N4O3/c1-5-6-7-8-9-10-11-12-13-14-15-28-50-29-16-20-36(2)39-21-22-40-44-41(35-43(46(39,40)4)53-32-19-27-49)45(3)24-23-38(51-30-17-25-47)33-37(45)34-42(44)52-31-18-26-48/h36-44,50H,5-35,47-49H2,1-4H3/t36-,37?,38-,39-,40+,41+,42-,43+,44?,45+,46-/m1/s1. The maximum absolute atomic E-state index is 7.06. The van der Waals surface area contributed by atoms with Crippen molar-refractivity contribution in [3.63, 3.8) is 0 Å². The Morgan fingerprint density at radius 2 is 1.25 bits per heavy atom. The molecule has 0 aliphatic heterocycles. The van der Waals surface area contributed by atoms with Gasteiger partial charge in [-0.1, -0.05) is 91.9 Å². The summed E-state index contributed by atoms with van der Waals surface area (Å²) in [6.07, 6.45) is 30.5. The molecule has 0 spiro atoms. The Hall–Kier alpha value is -0.280. The van der Waals surface area contributed by atoms with Gasteiger partial charge in [0.15, 0.2) is 0 Å². The van der Waals surface area contributed by atoms with Crippen molar-refractivity contribution in [2.24, 2.45) is 63.5 Å². The highest BCUT2D eigenvalue weighted by Crippen LogP contribution is 2.69. The first-order valence-corrected chi connectivity index (χ1v) is 23.5. The minimum Gasteiger partial charge on any atom is -0.378 e. The molecule has 4 saturated carbocycles. The van der Waals surface area contributed by atoms with E-state index in [4.69, 9.17) is 31.4 Å². The average molecular weight is 747 g/mol. The Bertz CT molecular complexity index is 956. The van der Waals surface area contributed by atoms with Crippen LogP contribution in [-0.4, -0.2) is 70.9 Å². The molecule has 0 aromatic heterocycles. The summed E-state index contributed by atoms with van der Waals surface area (Å²) in [7, 11) is 0. The zero-order chi connectivity index (χ0) is 37.9. The number of fused-ring (bicyclic) bond motifs is 5. The minimum atomic E-state index is 0.180. The first-order chi connectivity index (χ1) is 25.8. The van der Waals surface area contributed by atoms with Crippen LogP contribution in [0, 0.1) is 46.3 Å². The molecule has 312 valence electrons. The predicted molar refractivity (Wildman–Crippen MR) is 224 cm³/mol. The van der Waals surface area contributed by atoms with Crippen LogP contribution in [0.5, 0.6) is 0 Å². The van der Waals surface area contributed by atoms with Gasteiger partial charge in [0.05, 0.1) is 18.3 Å². The van der Waals surface area contributed by atoms with Crippen molar-refractivity contribution in [1.29, 1.82) is 0 Å². The highest BCUT2D eigenvalue weighted by molar-refractivity contribution is 5.15. The summed E-state index contributed by atoms with van der Waals surface area (Å²) < 4.78 is 20.4. The van der Waals surface area contributed by atoms with Crippen LogP contribution in [0.3, 0.4) is 0 Å². The molecule has 4 fully saturated rings. The van der Waals surface area contributed by atoms with Crippen LogP contribution in [0.2, 0.25) is 0 Å². The van der Waals surface area contributed by atoms with Crippen molar-refractivity contribution in [3.8, 4) is 0 Å². The van der Waals surface area contributed by atoms with Crippen molar-refractivity contribution < 1.29 is 14.2 Å². The van der Waals surface area contributed by atoms with E-state index < -0.39 is 0 Å². The van der Waals surface area contributed by atoms with Crippen molar-refractivity contribution in [2.45, 2.75) is 194 Å². The fourth-order valence-corrected chi connectivity index (χ4v) is 12.4. The van der Waals surface area contributed by atoms with E-state index in [0.29, 0.717) is 78.9 Å².